The Kier molecular flexibility index (Phi) is 9.41. The van der Waals surface area contributed by atoms with Gasteiger partial charge in [0.1, 0.15) is 22.9 Å². The van der Waals surface area contributed by atoms with Crippen LogP contribution in [0.1, 0.15) is 50.8 Å². The predicted octanol–water partition coefficient (Wildman–Crippen LogP) is 8.80. The molecule has 2 aromatic heterocycles. The van der Waals surface area contributed by atoms with Gasteiger partial charge in [-0.2, -0.15) is 0 Å². The van der Waals surface area contributed by atoms with Crippen LogP contribution in [-0.2, 0) is 4.74 Å². The minimum absolute atomic E-state index is 0.248. The number of methoxy groups -OCH3 is 1. The molecule has 1 aliphatic heterocycles. The van der Waals surface area contributed by atoms with Crippen molar-refractivity contribution in [2.24, 2.45) is 0 Å². The number of hydrogen-bond acceptors (Lipinski definition) is 9. The highest BCUT2D eigenvalue weighted by atomic mass is 32.2. The Balaban J connectivity index is 1.32. The van der Waals surface area contributed by atoms with Gasteiger partial charge in [-0.1, -0.05) is 17.8 Å². The SMILES string of the molecule is COc1cccc(Sc2cnc(Nc3nc(C4CCN(C(=O)OC(C)(C)C)CC4)cs3)c(Oc3ccc(F)cc3C)c2)c1. The fourth-order valence-electron chi connectivity index (χ4n) is 4.62. The van der Waals surface area contributed by atoms with Crippen LogP contribution in [0, 0.1) is 12.7 Å². The molecule has 11 heteroatoms. The van der Waals surface area contributed by atoms with E-state index >= 15 is 0 Å². The number of carbonyl (C=O) groups excluding carboxylic acids is 1. The zero-order valence-corrected chi connectivity index (χ0v) is 26.5. The van der Waals surface area contributed by atoms with Gasteiger partial charge in [-0.05, 0) is 82.5 Å². The van der Waals surface area contributed by atoms with Gasteiger partial charge in [0, 0.05) is 46.4 Å². The first-order chi connectivity index (χ1) is 20.6. The molecule has 1 N–H and O–H groups in total. The van der Waals surface area contributed by atoms with Crippen LogP contribution in [0.25, 0.3) is 0 Å². The lowest BCUT2D eigenvalue weighted by Crippen LogP contribution is -2.41. The summed E-state index contributed by atoms with van der Waals surface area (Å²) in [6.07, 6.45) is 3.14. The molecule has 0 atom stereocenters. The van der Waals surface area contributed by atoms with Crippen LogP contribution in [-0.4, -0.2) is 46.8 Å². The van der Waals surface area contributed by atoms with Crippen LogP contribution < -0.4 is 14.8 Å². The van der Waals surface area contributed by atoms with Crippen molar-refractivity contribution >= 4 is 40.1 Å². The number of nitrogens with zero attached hydrogens (tertiary/aromatic N) is 3. The van der Waals surface area contributed by atoms with Crippen molar-refractivity contribution in [3.8, 4) is 17.2 Å². The fourth-order valence-corrected chi connectivity index (χ4v) is 6.27. The van der Waals surface area contributed by atoms with E-state index in [1.54, 1.807) is 31.2 Å². The summed E-state index contributed by atoms with van der Waals surface area (Å²) in [6.45, 7) is 8.68. The van der Waals surface area contributed by atoms with Crippen LogP contribution in [0.5, 0.6) is 17.2 Å². The normalized spacial score (nSPS) is 14.0. The molecule has 1 fully saturated rings. The molecular weight excluding hydrogens is 588 g/mol. The number of halogens is 1. The predicted molar refractivity (Wildman–Crippen MR) is 168 cm³/mol. The highest BCUT2D eigenvalue weighted by Gasteiger charge is 2.28. The fraction of sp³-hybridized carbons (Fsp3) is 0.344. The molecule has 0 aliphatic carbocycles. The second kappa shape index (κ2) is 13.2. The van der Waals surface area contributed by atoms with Crippen LogP contribution in [0.15, 0.2) is 69.9 Å². The molecule has 0 bridgehead atoms. The Labute approximate surface area is 259 Å². The van der Waals surface area contributed by atoms with Gasteiger partial charge in [0.25, 0.3) is 0 Å². The van der Waals surface area contributed by atoms with Crippen LogP contribution >= 0.6 is 23.1 Å². The maximum absolute atomic E-state index is 13.8. The maximum atomic E-state index is 13.8. The van der Waals surface area contributed by atoms with E-state index in [2.05, 4.69) is 10.3 Å². The van der Waals surface area contributed by atoms with Crippen molar-refractivity contribution < 1.29 is 23.4 Å². The largest absolute Gasteiger partial charge is 0.497 e. The molecule has 1 amide bonds. The highest BCUT2D eigenvalue weighted by molar-refractivity contribution is 7.99. The number of ether oxygens (including phenoxy) is 3. The zero-order valence-electron chi connectivity index (χ0n) is 24.8. The first kappa shape index (κ1) is 30.6. The van der Waals surface area contributed by atoms with Gasteiger partial charge >= 0.3 is 6.09 Å². The number of rotatable bonds is 8. The molecule has 226 valence electrons. The van der Waals surface area contributed by atoms with Crippen LogP contribution in [0.4, 0.5) is 20.1 Å². The number of amides is 1. The lowest BCUT2D eigenvalue weighted by atomic mass is 9.94. The molecule has 0 saturated carbocycles. The minimum atomic E-state index is -0.513. The van der Waals surface area contributed by atoms with E-state index in [0.717, 1.165) is 34.1 Å². The second-order valence-electron chi connectivity index (χ2n) is 11.3. The monoisotopic (exact) mass is 622 g/mol. The van der Waals surface area contributed by atoms with Gasteiger partial charge in [0.05, 0.1) is 12.8 Å². The highest BCUT2D eigenvalue weighted by Crippen LogP contribution is 2.39. The third-order valence-electron chi connectivity index (χ3n) is 6.77. The molecular formula is C32H35FN4O4S2. The average Bonchev–Trinajstić information content (AvgIpc) is 3.44. The number of anilines is 2. The quantitative estimate of drug-likeness (QED) is 0.209. The van der Waals surface area contributed by atoms with E-state index in [1.165, 1.54) is 35.2 Å². The summed E-state index contributed by atoms with van der Waals surface area (Å²) in [4.78, 5) is 25.6. The topological polar surface area (TPSA) is 85.8 Å². The molecule has 1 saturated heterocycles. The van der Waals surface area contributed by atoms with E-state index in [9.17, 15) is 9.18 Å². The summed E-state index contributed by atoms with van der Waals surface area (Å²) >= 11 is 3.02. The smallest absolute Gasteiger partial charge is 0.410 e. The van der Waals surface area contributed by atoms with Gasteiger partial charge in [-0.3, -0.25) is 0 Å². The lowest BCUT2D eigenvalue weighted by Gasteiger charge is -2.32. The second-order valence-corrected chi connectivity index (χ2v) is 13.3. The third-order valence-corrected chi connectivity index (χ3v) is 8.50. The van der Waals surface area contributed by atoms with Crippen molar-refractivity contribution in [3.05, 3.63) is 77.2 Å². The van der Waals surface area contributed by atoms with Crippen molar-refractivity contribution in [3.63, 3.8) is 0 Å². The standard InChI is InChI=1S/C32H35FN4O4S2/c1-20-15-22(33)9-10-27(20)40-28-17-25(43-24-8-6-7-23(16-24)39-5)18-34-29(28)36-30-35-26(19-42-30)21-11-13-37(14-12-21)31(38)41-32(2,3)4/h6-10,15-19,21H,11-14H2,1-5H3,(H,34,35,36). The third kappa shape index (κ3) is 8.17. The summed E-state index contributed by atoms with van der Waals surface area (Å²) in [7, 11) is 1.64. The first-order valence-electron chi connectivity index (χ1n) is 14.0. The Bertz CT molecular complexity index is 1580. The number of hydrogen-bond donors (Lipinski definition) is 1. The number of pyridine rings is 1. The molecule has 2 aromatic carbocycles. The van der Waals surface area contributed by atoms with Gasteiger partial charge in [0.15, 0.2) is 16.7 Å². The Hall–Kier alpha value is -3.83. The van der Waals surface area contributed by atoms with Crippen LogP contribution in [0.3, 0.4) is 0 Å². The number of thiazole rings is 1. The molecule has 0 radical (unpaired) electrons. The van der Waals surface area contributed by atoms with E-state index in [1.807, 2.05) is 56.5 Å². The van der Waals surface area contributed by atoms with Crippen LogP contribution in [0.2, 0.25) is 0 Å². The summed E-state index contributed by atoms with van der Waals surface area (Å²) < 4.78 is 30.9. The number of nitrogens with one attached hydrogen (secondary N) is 1. The molecule has 8 nitrogen and oxygen atoms in total. The number of likely N-dealkylation sites (tertiary alicyclic amines) is 1. The van der Waals surface area contributed by atoms with Gasteiger partial charge in [0.2, 0.25) is 0 Å². The van der Waals surface area contributed by atoms with Crippen molar-refractivity contribution in [1.82, 2.24) is 14.9 Å². The molecule has 3 heterocycles. The molecule has 0 spiro atoms. The average molecular weight is 623 g/mol. The lowest BCUT2D eigenvalue weighted by molar-refractivity contribution is 0.0204. The number of piperidine rings is 1. The number of aromatic nitrogens is 2. The number of benzene rings is 2. The van der Waals surface area contributed by atoms with Crippen molar-refractivity contribution in [2.75, 3.05) is 25.5 Å². The van der Waals surface area contributed by atoms with Crippen molar-refractivity contribution in [2.45, 2.75) is 61.8 Å². The summed E-state index contributed by atoms with van der Waals surface area (Å²) in [6, 6.07) is 14.1. The van der Waals surface area contributed by atoms with Gasteiger partial charge in [-0.25, -0.2) is 19.2 Å². The number of carbonyl (C=O) groups is 1. The molecule has 4 aromatic rings. The molecule has 0 unspecified atom stereocenters. The Morgan fingerprint density at radius 2 is 1.88 bits per heavy atom. The Morgan fingerprint density at radius 3 is 2.60 bits per heavy atom. The van der Waals surface area contributed by atoms with E-state index < -0.39 is 5.60 Å². The summed E-state index contributed by atoms with van der Waals surface area (Å²) in [5, 5.41) is 6.06. The number of aryl methyl sites for hydroxylation is 1. The molecule has 1 aliphatic rings. The van der Waals surface area contributed by atoms with E-state index in [4.69, 9.17) is 19.2 Å². The van der Waals surface area contributed by atoms with Gasteiger partial charge in [-0.15, -0.1) is 11.3 Å². The van der Waals surface area contributed by atoms with Gasteiger partial charge < -0.3 is 24.4 Å². The van der Waals surface area contributed by atoms with E-state index in [0.29, 0.717) is 41.1 Å². The summed E-state index contributed by atoms with van der Waals surface area (Å²) in [5.41, 5.74) is 1.14. The first-order valence-corrected chi connectivity index (χ1v) is 15.7. The van der Waals surface area contributed by atoms with E-state index in [-0.39, 0.29) is 17.8 Å². The maximum Gasteiger partial charge on any atom is 0.410 e. The molecule has 43 heavy (non-hydrogen) atoms. The molecule has 5 rings (SSSR count). The summed E-state index contributed by atoms with van der Waals surface area (Å²) in [5.74, 6) is 2.22. The zero-order chi connectivity index (χ0) is 30.6. The Morgan fingerprint density at radius 1 is 1.09 bits per heavy atom. The minimum Gasteiger partial charge on any atom is -0.497 e. The van der Waals surface area contributed by atoms with Crippen molar-refractivity contribution in [1.29, 1.82) is 0 Å².